The van der Waals surface area contributed by atoms with Gasteiger partial charge < -0.3 is 5.11 Å². The fourth-order valence-corrected chi connectivity index (χ4v) is 3.12. The van der Waals surface area contributed by atoms with Crippen LogP contribution in [0.25, 0.3) is 11.3 Å². The zero-order valence-corrected chi connectivity index (χ0v) is 13.1. The zero-order chi connectivity index (χ0) is 15.7. The summed E-state index contributed by atoms with van der Waals surface area (Å²) in [5, 5.41) is 17.1. The SMILES string of the molecule is C[C@@]1(C(=O)O)CCN(Cc2cn[nH]c2-c2cccc(Cl)c2)C1. The van der Waals surface area contributed by atoms with Crippen LogP contribution in [0, 0.1) is 5.41 Å². The Hall–Kier alpha value is -1.85. The largest absolute Gasteiger partial charge is 0.481 e. The van der Waals surface area contributed by atoms with E-state index in [1.165, 1.54) is 0 Å². The number of H-pyrrole nitrogens is 1. The van der Waals surface area contributed by atoms with Crippen molar-refractivity contribution in [1.82, 2.24) is 15.1 Å². The summed E-state index contributed by atoms with van der Waals surface area (Å²) in [5.74, 6) is -0.725. The first-order valence-electron chi connectivity index (χ1n) is 7.22. The fourth-order valence-electron chi connectivity index (χ4n) is 2.93. The van der Waals surface area contributed by atoms with Crippen molar-refractivity contribution in [2.75, 3.05) is 13.1 Å². The average molecular weight is 320 g/mol. The van der Waals surface area contributed by atoms with E-state index in [1.807, 2.05) is 31.2 Å². The summed E-state index contributed by atoms with van der Waals surface area (Å²) in [5.41, 5.74) is 2.32. The number of aromatic amines is 1. The second-order valence-corrected chi connectivity index (χ2v) is 6.54. The molecule has 1 aliphatic heterocycles. The molecule has 1 atom stereocenters. The lowest BCUT2D eigenvalue weighted by atomic mass is 9.90. The van der Waals surface area contributed by atoms with Gasteiger partial charge >= 0.3 is 5.97 Å². The van der Waals surface area contributed by atoms with Gasteiger partial charge in [0.25, 0.3) is 0 Å². The Labute approximate surface area is 133 Å². The zero-order valence-electron chi connectivity index (χ0n) is 12.3. The number of carboxylic acid groups (broad SMARTS) is 1. The molecule has 116 valence electrons. The Kier molecular flexibility index (Phi) is 3.93. The van der Waals surface area contributed by atoms with E-state index in [1.54, 1.807) is 6.20 Å². The lowest BCUT2D eigenvalue weighted by molar-refractivity contribution is -0.147. The molecule has 3 rings (SSSR count). The molecule has 5 nitrogen and oxygen atoms in total. The molecule has 1 fully saturated rings. The second-order valence-electron chi connectivity index (χ2n) is 6.11. The Morgan fingerprint density at radius 3 is 3.05 bits per heavy atom. The summed E-state index contributed by atoms with van der Waals surface area (Å²) < 4.78 is 0. The van der Waals surface area contributed by atoms with E-state index in [2.05, 4.69) is 15.1 Å². The molecule has 0 saturated carbocycles. The second kappa shape index (κ2) is 5.74. The molecular weight excluding hydrogens is 302 g/mol. The molecule has 2 heterocycles. The van der Waals surface area contributed by atoms with Crippen LogP contribution in [-0.4, -0.2) is 39.3 Å². The molecule has 6 heteroatoms. The third-order valence-corrected chi connectivity index (χ3v) is 4.53. The third kappa shape index (κ3) is 2.87. The number of likely N-dealkylation sites (tertiary alicyclic amines) is 1. The van der Waals surface area contributed by atoms with Crippen LogP contribution in [0.5, 0.6) is 0 Å². The normalized spacial score (nSPS) is 22.1. The first kappa shape index (κ1) is 15.1. The lowest BCUT2D eigenvalue weighted by Crippen LogP contribution is -2.31. The fraction of sp³-hybridized carbons (Fsp3) is 0.375. The van der Waals surface area contributed by atoms with E-state index in [0.29, 0.717) is 24.5 Å². The quantitative estimate of drug-likeness (QED) is 0.909. The smallest absolute Gasteiger partial charge is 0.310 e. The third-order valence-electron chi connectivity index (χ3n) is 4.29. The predicted octanol–water partition coefficient (Wildman–Crippen LogP) is 3.03. The molecule has 0 aliphatic carbocycles. The average Bonchev–Trinajstić information content (AvgIpc) is 3.07. The maximum Gasteiger partial charge on any atom is 0.310 e. The van der Waals surface area contributed by atoms with Gasteiger partial charge in [0.05, 0.1) is 17.3 Å². The van der Waals surface area contributed by atoms with E-state index >= 15 is 0 Å². The molecule has 1 aromatic heterocycles. The molecule has 0 bridgehead atoms. The molecule has 0 unspecified atom stereocenters. The standard InChI is InChI=1S/C16H18ClN3O2/c1-16(15(21)22)5-6-20(10-16)9-12-8-18-19-14(12)11-3-2-4-13(17)7-11/h2-4,7-8H,5-6,9-10H2,1H3,(H,18,19)(H,21,22)/t16-/m1/s1. The summed E-state index contributed by atoms with van der Waals surface area (Å²) >= 11 is 6.05. The summed E-state index contributed by atoms with van der Waals surface area (Å²) in [6.45, 7) is 3.83. The molecule has 1 aromatic carbocycles. The minimum Gasteiger partial charge on any atom is -0.481 e. The van der Waals surface area contributed by atoms with Crippen molar-refractivity contribution in [3.8, 4) is 11.3 Å². The molecule has 1 aliphatic rings. The highest BCUT2D eigenvalue weighted by Gasteiger charge is 2.40. The Morgan fingerprint density at radius 1 is 1.55 bits per heavy atom. The molecule has 22 heavy (non-hydrogen) atoms. The number of benzene rings is 1. The number of halogens is 1. The first-order valence-corrected chi connectivity index (χ1v) is 7.60. The monoisotopic (exact) mass is 319 g/mol. The number of nitrogens with one attached hydrogen (secondary N) is 1. The van der Waals surface area contributed by atoms with E-state index in [4.69, 9.17) is 11.6 Å². The van der Waals surface area contributed by atoms with Crippen molar-refractivity contribution in [3.05, 3.63) is 41.0 Å². The van der Waals surface area contributed by atoms with Crippen molar-refractivity contribution in [2.45, 2.75) is 19.9 Å². The number of hydrogen-bond donors (Lipinski definition) is 2. The molecular formula is C16H18ClN3O2. The number of carboxylic acids is 1. The number of nitrogens with zero attached hydrogens (tertiary/aromatic N) is 2. The van der Waals surface area contributed by atoms with Crippen LogP contribution in [0.1, 0.15) is 18.9 Å². The van der Waals surface area contributed by atoms with Gasteiger partial charge in [-0.15, -0.1) is 0 Å². The van der Waals surface area contributed by atoms with Crippen LogP contribution in [0.15, 0.2) is 30.5 Å². The Balaban J connectivity index is 1.78. The summed E-state index contributed by atoms with van der Waals surface area (Å²) in [7, 11) is 0. The number of carbonyl (C=O) groups is 1. The predicted molar refractivity (Wildman–Crippen MR) is 84.7 cm³/mol. The summed E-state index contributed by atoms with van der Waals surface area (Å²) in [6, 6.07) is 7.61. The van der Waals surface area contributed by atoms with Gasteiger partial charge in [-0.1, -0.05) is 23.7 Å². The Bertz CT molecular complexity index is 700. The van der Waals surface area contributed by atoms with Crippen molar-refractivity contribution in [3.63, 3.8) is 0 Å². The molecule has 2 N–H and O–H groups in total. The van der Waals surface area contributed by atoms with Crippen molar-refractivity contribution in [2.24, 2.45) is 5.41 Å². The van der Waals surface area contributed by atoms with Gasteiger partial charge in [-0.2, -0.15) is 5.10 Å². The van der Waals surface area contributed by atoms with E-state index in [0.717, 1.165) is 23.4 Å². The molecule has 0 radical (unpaired) electrons. The van der Waals surface area contributed by atoms with Crippen LogP contribution in [-0.2, 0) is 11.3 Å². The highest BCUT2D eigenvalue weighted by molar-refractivity contribution is 6.30. The highest BCUT2D eigenvalue weighted by atomic mass is 35.5. The first-order chi connectivity index (χ1) is 10.5. The number of aliphatic carboxylic acids is 1. The van der Waals surface area contributed by atoms with Gasteiger partial charge in [0.1, 0.15) is 0 Å². The molecule has 0 spiro atoms. The van der Waals surface area contributed by atoms with Crippen molar-refractivity contribution >= 4 is 17.6 Å². The maximum absolute atomic E-state index is 11.3. The minimum absolute atomic E-state index is 0.558. The van der Waals surface area contributed by atoms with Crippen LogP contribution >= 0.6 is 11.6 Å². The van der Waals surface area contributed by atoms with Gasteiger partial charge in [-0.3, -0.25) is 14.8 Å². The van der Waals surface area contributed by atoms with Crippen LogP contribution < -0.4 is 0 Å². The van der Waals surface area contributed by atoms with Gasteiger partial charge in [-0.25, -0.2) is 0 Å². The van der Waals surface area contributed by atoms with Crippen molar-refractivity contribution in [1.29, 1.82) is 0 Å². The van der Waals surface area contributed by atoms with Crippen LogP contribution in [0.3, 0.4) is 0 Å². The molecule has 0 amide bonds. The maximum atomic E-state index is 11.3. The molecule has 2 aromatic rings. The van der Waals surface area contributed by atoms with Gasteiger partial charge in [0.15, 0.2) is 0 Å². The lowest BCUT2D eigenvalue weighted by Gasteiger charge is -2.20. The molecule has 1 saturated heterocycles. The van der Waals surface area contributed by atoms with E-state index in [9.17, 15) is 9.90 Å². The highest BCUT2D eigenvalue weighted by Crippen LogP contribution is 2.32. The summed E-state index contributed by atoms with van der Waals surface area (Å²) in [6.07, 6.45) is 2.47. The van der Waals surface area contributed by atoms with Gasteiger partial charge in [0, 0.05) is 29.2 Å². The van der Waals surface area contributed by atoms with Crippen molar-refractivity contribution < 1.29 is 9.90 Å². The number of aromatic nitrogens is 2. The van der Waals surface area contributed by atoms with Crippen LogP contribution in [0.2, 0.25) is 5.02 Å². The summed E-state index contributed by atoms with van der Waals surface area (Å²) in [4.78, 5) is 13.5. The number of hydrogen-bond acceptors (Lipinski definition) is 3. The van der Waals surface area contributed by atoms with Crippen LogP contribution in [0.4, 0.5) is 0 Å². The van der Waals surface area contributed by atoms with E-state index in [-0.39, 0.29) is 0 Å². The topological polar surface area (TPSA) is 69.2 Å². The Morgan fingerprint density at radius 2 is 2.36 bits per heavy atom. The van der Waals surface area contributed by atoms with E-state index < -0.39 is 11.4 Å². The van der Waals surface area contributed by atoms with Gasteiger partial charge in [0.2, 0.25) is 0 Å². The van der Waals surface area contributed by atoms with Gasteiger partial charge in [-0.05, 0) is 32.0 Å². The minimum atomic E-state index is -0.725. The number of rotatable bonds is 4.